The van der Waals surface area contributed by atoms with Gasteiger partial charge in [-0.3, -0.25) is 0 Å². The molecule has 0 spiro atoms. The maximum absolute atomic E-state index is 13.6. The third-order valence-electron chi connectivity index (χ3n) is 4.88. The first-order chi connectivity index (χ1) is 12.6. The SMILES string of the molecule is Cc1ccccc1C(C)N(CC(C)C)S(=O)(=O)c1ccc(C)c(N(C)C)c1. The number of aryl methyl sites for hydroxylation is 2. The van der Waals surface area contributed by atoms with Gasteiger partial charge in [-0.05, 0) is 55.5 Å². The van der Waals surface area contributed by atoms with Gasteiger partial charge in [0.15, 0.2) is 0 Å². The molecule has 5 heteroatoms. The molecule has 2 rings (SSSR count). The highest BCUT2D eigenvalue weighted by atomic mass is 32.2. The number of hydrogen-bond acceptors (Lipinski definition) is 3. The summed E-state index contributed by atoms with van der Waals surface area (Å²) in [6, 6.07) is 13.1. The molecule has 0 fully saturated rings. The van der Waals surface area contributed by atoms with Crippen LogP contribution in [0.5, 0.6) is 0 Å². The van der Waals surface area contributed by atoms with Crippen molar-refractivity contribution in [2.24, 2.45) is 5.92 Å². The topological polar surface area (TPSA) is 40.6 Å². The summed E-state index contributed by atoms with van der Waals surface area (Å²) in [5.74, 6) is 0.227. The molecule has 0 aliphatic carbocycles. The Bertz CT molecular complexity index is 889. The molecule has 0 aliphatic rings. The highest BCUT2D eigenvalue weighted by molar-refractivity contribution is 7.89. The summed E-state index contributed by atoms with van der Waals surface area (Å²) >= 11 is 0. The van der Waals surface area contributed by atoms with Crippen LogP contribution in [0.4, 0.5) is 5.69 Å². The van der Waals surface area contributed by atoms with Gasteiger partial charge in [0.1, 0.15) is 0 Å². The predicted octanol–water partition coefficient (Wildman–Crippen LogP) is 4.78. The van der Waals surface area contributed by atoms with E-state index in [-0.39, 0.29) is 12.0 Å². The zero-order chi connectivity index (χ0) is 20.4. The van der Waals surface area contributed by atoms with Crippen molar-refractivity contribution in [2.75, 3.05) is 25.5 Å². The molecule has 0 radical (unpaired) electrons. The molecule has 2 aromatic rings. The van der Waals surface area contributed by atoms with E-state index in [1.807, 2.05) is 83.9 Å². The van der Waals surface area contributed by atoms with Crippen molar-refractivity contribution < 1.29 is 8.42 Å². The fraction of sp³-hybridized carbons (Fsp3) is 0.455. The fourth-order valence-electron chi connectivity index (χ4n) is 3.40. The third-order valence-corrected chi connectivity index (χ3v) is 6.82. The van der Waals surface area contributed by atoms with Gasteiger partial charge >= 0.3 is 0 Å². The first kappa shape index (κ1) is 21.5. The number of anilines is 1. The van der Waals surface area contributed by atoms with Gasteiger partial charge < -0.3 is 4.90 Å². The van der Waals surface area contributed by atoms with E-state index in [0.717, 1.165) is 22.4 Å². The van der Waals surface area contributed by atoms with Crippen LogP contribution in [0.15, 0.2) is 47.4 Å². The summed E-state index contributed by atoms with van der Waals surface area (Å²) in [7, 11) is 0.236. The lowest BCUT2D eigenvalue weighted by Gasteiger charge is -2.31. The van der Waals surface area contributed by atoms with Gasteiger partial charge in [-0.1, -0.05) is 44.2 Å². The minimum Gasteiger partial charge on any atom is -0.377 e. The fourth-order valence-corrected chi connectivity index (χ4v) is 5.20. The van der Waals surface area contributed by atoms with E-state index in [4.69, 9.17) is 0 Å². The molecule has 1 unspecified atom stereocenters. The second-order valence-corrected chi connectivity index (χ2v) is 9.73. The summed E-state index contributed by atoms with van der Waals surface area (Å²) in [6.07, 6.45) is 0. The largest absolute Gasteiger partial charge is 0.377 e. The van der Waals surface area contributed by atoms with Gasteiger partial charge in [0.05, 0.1) is 4.90 Å². The van der Waals surface area contributed by atoms with E-state index in [1.165, 1.54) is 0 Å². The van der Waals surface area contributed by atoms with Crippen LogP contribution < -0.4 is 4.90 Å². The number of hydrogen-bond donors (Lipinski definition) is 0. The zero-order valence-corrected chi connectivity index (χ0v) is 18.3. The summed E-state index contributed by atoms with van der Waals surface area (Å²) in [4.78, 5) is 2.30. The van der Waals surface area contributed by atoms with Crippen LogP contribution in [0, 0.1) is 19.8 Å². The van der Waals surface area contributed by atoms with E-state index in [9.17, 15) is 8.42 Å². The Morgan fingerprint density at radius 1 is 0.926 bits per heavy atom. The van der Waals surface area contributed by atoms with E-state index in [2.05, 4.69) is 0 Å². The van der Waals surface area contributed by atoms with Crippen molar-refractivity contribution in [1.82, 2.24) is 4.31 Å². The molecular weight excluding hydrogens is 356 g/mol. The summed E-state index contributed by atoms with van der Waals surface area (Å²) < 4.78 is 28.8. The average molecular weight is 389 g/mol. The number of benzene rings is 2. The van der Waals surface area contributed by atoms with Crippen LogP contribution in [-0.2, 0) is 10.0 Å². The summed E-state index contributed by atoms with van der Waals surface area (Å²) in [5.41, 5.74) is 4.12. The van der Waals surface area contributed by atoms with Crippen LogP contribution in [-0.4, -0.2) is 33.4 Å². The van der Waals surface area contributed by atoms with Gasteiger partial charge in [-0.15, -0.1) is 0 Å². The molecule has 148 valence electrons. The zero-order valence-electron chi connectivity index (χ0n) is 17.5. The van der Waals surface area contributed by atoms with Crippen LogP contribution in [0.1, 0.15) is 43.5 Å². The lowest BCUT2D eigenvalue weighted by atomic mass is 10.0. The molecule has 2 aromatic carbocycles. The van der Waals surface area contributed by atoms with E-state index in [0.29, 0.717) is 11.4 Å². The van der Waals surface area contributed by atoms with Crippen LogP contribution in [0.3, 0.4) is 0 Å². The Morgan fingerprint density at radius 3 is 2.11 bits per heavy atom. The summed E-state index contributed by atoms with van der Waals surface area (Å²) in [5, 5.41) is 0. The second kappa shape index (κ2) is 8.44. The molecule has 0 aromatic heterocycles. The number of sulfonamides is 1. The van der Waals surface area contributed by atoms with Crippen LogP contribution in [0.2, 0.25) is 0 Å². The molecule has 1 atom stereocenters. The van der Waals surface area contributed by atoms with Crippen molar-refractivity contribution in [2.45, 2.75) is 45.6 Å². The maximum Gasteiger partial charge on any atom is 0.243 e. The normalized spacial score (nSPS) is 13.2. The predicted molar refractivity (Wildman–Crippen MR) is 114 cm³/mol. The Morgan fingerprint density at radius 2 is 1.56 bits per heavy atom. The van der Waals surface area contributed by atoms with Crippen molar-refractivity contribution in [3.05, 3.63) is 59.2 Å². The van der Waals surface area contributed by atoms with Gasteiger partial charge in [-0.2, -0.15) is 4.31 Å². The Kier molecular flexibility index (Phi) is 6.71. The Hall–Kier alpha value is -1.85. The average Bonchev–Trinajstić information content (AvgIpc) is 2.59. The molecule has 0 aliphatic heterocycles. The van der Waals surface area contributed by atoms with Gasteiger partial charge in [0, 0.05) is 32.4 Å². The van der Waals surface area contributed by atoms with Crippen molar-refractivity contribution in [3.8, 4) is 0 Å². The number of rotatable bonds is 7. The molecule has 0 N–H and O–H groups in total. The third kappa shape index (κ3) is 4.71. The molecule has 0 bridgehead atoms. The van der Waals surface area contributed by atoms with Gasteiger partial charge in [-0.25, -0.2) is 8.42 Å². The minimum atomic E-state index is -3.63. The maximum atomic E-state index is 13.6. The Labute approximate surface area is 164 Å². The molecular formula is C22H32N2O2S. The monoisotopic (exact) mass is 388 g/mol. The van der Waals surface area contributed by atoms with E-state index in [1.54, 1.807) is 16.4 Å². The lowest BCUT2D eigenvalue weighted by Crippen LogP contribution is -2.36. The molecule has 4 nitrogen and oxygen atoms in total. The van der Waals surface area contributed by atoms with Gasteiger partial charge in [0.2, 0.25) is 10.0 Å². The molecule has 0 saturated carbocycles. The highest BCUT2D eigenvalue weighted by Gasteiger charge is 2.31. The summed E-state index contributed by atoms with van der Waals surface area (Å²) in [6.45, 7) is 10.6. The molecule has 0 saturated heterocycles. The van der Waals surface area contributed by atoms with E-state index >= 15 is 0 Å². The van der Waals surface area contributed by atoms with Crippen LogP contribution in [0.25, 0.3) is 0 Å². The first-order valence-corrected chi connectivity index (χ1v) is 10.8. The lowest BCUT2D eigenvalue weighted by molar-refractivity contribution is 0.308. The standard InChI is InChI=1S/C22H32N2O2S/c1-16(2)15-24(19(5)21-11-9-8-10-17(21)3)27(25,26)20-13-12-18(4)22(14-20)23(6)7/h8-14,16,19H,15H2,1-7H3. The Balaban J connectivity index is 2.55. The molecule has 0 heterocycles. The van der Waals surface area contributed by atoms with Crippen molar-refractivity contribution in [1.29, 1.82) is 0 Å². The smallest absolute Gasteiger partial charge is 0.243 e. The number of nitrogens with zero attached hydrogens (tertiary/aromatic N) is 2. The van der Waals surface area contributed by atoms with Crippen molar-refractivity contribution in [3.63, 3.8) is 0 Å². The first-order valence-electron chi connectivity index (χ1n) is 9.41. The molecule has 27 heavy (non-hydrogen) atoms. The highest BCUT2D eigenvalue weighted by Crippen LogP contribution is 2.32. The second-order valence-electron chi connectivity index (χ2n) is 7.84. The molecule has 0 amide bonds. The quantitative estimate of drug-likeness (QED) is 0.685. The van der Waals surface area contributed by atoms with E-state index < -0.39 is 10.0 Å². The van der Waals surface area contributed by atoms with Crippen LogP contribution >= 0.6 is 0 Å². The minimum absolute atomic E-state index is 0.227. The van der Waals surface area contributed by atoms with Crippen molar-refractivity contribution >= 4 is 15.7 Å². The van der Waals surface area contributed by atoms with Gasteiger partial charge in [0.25, 0.3) is 0 Å².